The van der Waals surface area contributed by atoms with Gasteiger partial charge in [-0.1, -0.05) is 29.8 Å². The van der Waals surface area contributed by atoms with Crippen LogP contribution in [-0.2, 0) is 6.54 Å². The Morgan fingerprint density at radius 3 is 2.80 bits per heavy atom. The van der Waals surface area contributed by atoms with Gasteiger partial charge in [-0.3, -0.25) is 0 Å². The zero-order valence-corrected chi connectivity index (χ0v) is 11.8. The number of halogens is 1. The number of hydrogen-bond donors (Lipinski definition) is 1. The summed E-state index contributed by atoms with van der Waals surface area (Å²) in [6, 6.07) is 13.8. The van der Waals surface area contributed by atoms with Gasteiger partial charge < -0.3 is 14.4 Å². The minimum absolute atomic E-state index is 0.0183. The van der Waals surface area contributed by atoms with Crippen molar-refractivity contribution in [3.05, 3.63) is 59.2 Å². The summed E-state index contributed by atoms with van der Waals surface area (Å²) in [6.07, 6.45) is 2.04. The molecule has 0 aliphatic carbocycles. The van der Waals surface area contributed by atoms with Gasteiger partial charge in [0.05, 0.1) is 12.1 Å². The highest BCUT2D eigenvalue weighted by atomic mass is 35.5. The molecule has 0 fully saturated rings. The summed E-state index contributed by atoms with van der Waals surface area (Å²) >= 11 is 6.02. The number of ether oxygens (including phenoxy) is 1. The molecule has 0 saturated carbocycles. The van der Waals surface area contributed by atoms with Crippen molar-refractivity contribution in [2.24, 2.45) is 0 Å². The molecule has 0 aliphatic heterocycles. The molecule has 0 bridgehead atoms. The van der Waals surface area contributed by atoms with Gasteiger partial charge in [-0.15, -0.1) is 0 Å². The molecule has 0 unspecified atom stereocenters. The molecule has 1 aromatic heterocycles. The summed E-state index contributed by atoms with van der Waals surface area (Å²) in [4.78, 5) is 0. The van der Waals surface area contributed by atoms with Crippen molar-refractivity contribution in [3.63, 3.8) is 0 Å². The lowest BCUT2D eigenvalue weighted by atomic mass is 10.2. The van der Waals surface area contributed by atoms with E-state index in [-0.39, 0.29) is 5.75 Å². The van der Waals surface area contributed by atoms with E-state index >= 15 is 0 Å². The van der Waals surface area contributed by atoms with E-state index in [1.165, 1.54) is 12.5 Å². The van der Waals surface area contributed by atoms with E-state index in [0.29, 0.717) is 17.3 Å². The monoisotopic (exact) mass is 287 g/mol. The van der Waals surface area contributed by atoms with Crippen LogP contribution in [0.1, 0.15) is 5.56 Å². The minimum atomic E-state index is -0.0183. The van der Waals surface area contributed by atoms with Crippen LogP contribution < -0.4 is 4.74 Å². The number of hydrogen-bond acceptors (Lipinski definition) is 2. The maximum atomic E-state index is 9.76. The summed E-state index contributed by atoms with van der Waals surface area (Å²) in [5.41, 5.74) is 2.14. The molecule has 0 amide bonds. The molecule has 102 valence electrons. The van der Waals surface area contributed by atoms with Gasteiger partial charge in [0.25, 0.3) is 0 Å². The Morgan fingerprint density at radius 2 is 2.00 bits per heavy atom. The Bertz CT molecular complexity index is 764. The molecule has 0 spiro atoms. The number of aromatic hydroxyl groups is 1. The van der Waals surface area contributed by atoms with Crippen LogP contribution in [0.3, 0.4) is 0 Å². The summed E-state index contributed by atoms with van der Waals surface area (Å²) in [6.45, 7) is 0.671. The van der Waals surface area contributed by atoms with Crippen molar-refractivity contribution in [2.45, 2.75) is 6.54 Å². The maximum Gasteiger partial charge on any atom is 0.176 e. The van der Waals surface area contributed by atoms with E-state index in [2.05, 4.69) is 22.8 Å². The van der Waals surface area contributed by atoms with Crippen LogP contribution in [0.25, 0.3) is 10.9 Å². The standard InChI is InChI=1S/C16H14ClNO2/c1-20-15-9-11(8-13(17)16(15)19)10-18-7-6-12-4-2-3-5-14(12)18/h2-9,19H,10H2,1H3. The first-order chi connectivity index (χ1) is 9.69. The summed E-state index contributed by atoms with van der Waals surface area (Å²) in [7, 11) is 1.51. The fourth-order valence-corrected chi connectivity index (χ4v) is 2.58. The predicted octanol–water partition coefficient (Wildman–Crippen LogP) is 4.06. The van der Waals surface area contributed by atoms with Gasteiger partial charge in [-0.2, -0.15) is 0 Å². The van der Waals surface area contributed by atoms with E-state index in [0.717, 1.165) is 11.1 Å². The smallest absolute Gasteiger partial charge is 0.176 e. The first kappa shape index (κ1) is 12.9. The third-order valence-corrected chi connectivity index (χ3v) is 3.63. The molecule has 4 heteroatoms. The lowest BCUT2D eigenvalue weighted by Gasteiger charge is -2.10. The highest BCUT2D eigenvalue weighted by Gasteiger charge is 2.10. The van der Waals surface area contributed by atoms with Crippen LogP contribution in [0.2, 0.25) is 5.02 Å². The molecule has 2 aromatic carbocycles. The molecular weight excluding hydrogens is 274 g/mol. The van der Waals surface area contributed by atoms with E-state index in [1.54, 1.807) is 12.1 Å². The number of methoxy groups -OCH3 is 1. The summed E-state index contributed by atoms with van der Waals surface area (Å²) < 4.78 is 7.27. The number of phenols is 1. The van der Waals surface area contributed by atoms with Gasteiger partial charge in [-0.25, -0.2) is 0 Å². The fourth-order valence-electron chi connectivity index (χ4n) is 2.35. The number of phenolic OH excluding ortho intramolecular Hbond substituents is 1. The molecule has 0 aliphatic rings. The number of rotatable bonds is 3. The Balaban J connectivity index is 2.01. The van der Waals surface area contributed by atoms with Crippen LogP contribution in [0, 0.1) is 0 Å². The van der Waals surface area contributed by atoms with Crippen molar-refractivity contribution in [3.8, 4) is 11.5 Å². The van der Waals surface area contributed by atoms with Crippen molar-refractivity contribution in [1.29, 1.82) is 0 Å². The van der Waals surface area contributed by atoms with E-state index < -0.39 is 0 Å². The van der Waals surface area contributed by atoms with Crippen molar-refractivity contribution in [2.75, 3.05) is 7.11 Å². The molecular formula is C16H14ClNO2. The molecule has 0 radical (unpaired) electrons. The first-order valence-electron chi connectivity index (χ1n) is 6.28. The quantitative estimate of drug-likeness (QED) is 0.788. The number of fused-ring (bicyclic) bond motifs is 1. The topological polar surface area (TPSA) is 34.4 Å². The zero-order valence-electron chi connectivity index (χ0n) is 11.0. The van der Waals surface area contributed by atoms with Gasteiger partial charge in [0, 0.05) is 18.3 Å². The highest BCUT2D eigenvalue weighted by molar-refractivity contribution is 6.32. The Kier molecular flexibility index (Phi) is 3.28. The minimum Gasteiger partial charge on any atom is -0.503 e. The molecule has 3 nitrogen and oxygen atoms in total. The molecule has 20 heavy (non-hydrogen) atoms. The second-order valence-electron chi connectivity index (χ2n) is 4.63. The van der Waals surface area contributed by atoms with E-state index in [1.807, 2.05) is 18.3 Å². The van der Waals surface area contributed by atoms with Crippen molar-refractivity contribution in [1.82, 2.24) is 4.57 Å². The Morgan fingerprint density at radius 1 is 1.20 bits per heavy atom. The second kappa shape index (κ2) is 5.10. The summed E-state index contributed by atoms with van der Waals surface area (Å²) in [5.74, 6) is 0.374. The number of para-hydroxylation sites is 1. The molecule has 3 rings (SSSR count). The van der Waals surface area contributed by atoms with E-state index in [4.69, 9.17) is 16.3 Å². The van der Waals surface area contributed by atoms with Crippen LogP contribution in [0.5, 0.6) is 11.5 Å². The van der Waals surface area contributed by atoms with E-state index in [9.17, 15) is 5.11 Å². The lowest BCUT2D eigenvalue weighted by molar-refractivity contribution is 0.373. The van der Waals surface area contributed by atoms with Gasteiger partial charge in [-0.05, 0) is 35.2 Å². The number of aromatic nitrogens is 1. The van der Waals surface area contributed by atoms with Crippen LogP contribution in [0.15, 0.2) is 48.7 Å². The maximum absolute atomic E-state index is 9.76. The van der Waals surface area contributed by atoms with Gasteiger partial charge >= 0.3 is 0 Å². The van der Waals surface area contributed by atoms with Crippen molar-refractivity contribution >= 4 is 22.5 Å². The SMILES string of the molecule is COc1cc(Cn2ccc3ccccc32)cc(Cl)c1O. The second-order valence-corrected chi connectivity index (χ2v) is 5.04. The molecule has 1 heterocycles. The highest BCUT2D eigenvalue weighted by Crippen LogP contribution is 2.35. The first-order valence-corrected chi connectivity index (χ1v) is 6.66. The van der Waals surface area contributed by atoms with Gasteiger partial charge in [0.15, 0.2) is 11.5 Å². The number of benzene rings is 2. The van der Waals surface area contributed by atoms with Crippen LogP contribution in [0.4, 0.5) is 0 Å². The zero-order chi connectivity index (χ0) is 14.1. The number of nitrogens with zero attached hydrogens (tertiary/aromatic N) is 1. The average molecular weight is 288 g/mol. The van der Waals surface area contributed by atoms with Gasteiger partial charge in [0.2, 0.25) is 0 Å². The largest absolute Gasteiger partial charge is 0.503 e. The van der Waals surface area contributed by atoms with Crippen molar-refractivity contribution < 1.29 is 9.84 Å². The molecule has 1 N–H and O–H groups in total. The fraction of sp³-hybridized carbons (Fsp3) is 0.125. The third kappa shape index (κ3) is 2.21. The molecule has 3 aromatic rings. The van der Waals surface area contributed by atoms with Crippen LogP contribution in [-0.4, -0.2) is 16.8 Å². The average Bonchev–Trinajstić information content (AvgIpc) is 2.86. The van der Waals surface area contributed by atoms with Gasteiger partial charge in [0.1, 0.15) is 0 Å². The predicted molar refractivity (Wildman–Crippen MR) is 80.7 cm³/mol. The van der Waals surface area contributed by atoms with Crippen LogP contribution >= 0.6 is 11.6 Å². The lowest BCUT2D eigenvalue weighted by Crippen LogP contribution is -1.98. The molecule has 0 atom stereocenters. The summed E-state index contributed by atoms with van der Waals surface area (Å²) in [5, 5.41) is 11.3. The Labute approximate surface area is 122 Å². The normalized spacial score (nSPS) is 10.9. The molecule has 0 saturated heterocycles. The third-order valence-electron chi connectivity index (χ3n) is 3.34. The Hall–Kier alpha value is -2.13.